The number of hydrogen-bond donors (Lipinski definition) is 0. The van der Waals surface area contributed by atoms with Crippen LogP contribution >= 0.6 is 15.9 Å². The Balaban J connectivity index is 2.27. The first kappa shape index (κ1) is 11.3. The summed E-state index contributed by atoms with van der Waals surface area (Å²) in [6, 6.07) is 0. The molecular formula is C10H13BrN4O. The molecule has 2 rings (SSSR count). The maximum atomic E-state index is 5.50. The van der Waals surface area contributed by atoms with Crippen molar-refractivity contribution in [1.29, 1.82) is 0 Å². The van der Waals surface area contributed by atoms with Crippen molar-refractivity contribution in [3.05, 3.63) is 28.7 Å². The van der Waals surface area contributed by atoms with Crippen LogP contribution in [0.5, 0.6) is 0 Å². The lowest BCUT2D eigenvalue weighted by molar-refractivity contribution is 0.445. The highest BCUT2D eigenvalue weighted by atomic mass is 79.9. The van der Waals surface area contributed by atoms with Gasteiger partial charge in [-0.05, 0) is 13.8 Å². The molecule has 5 nitrogen and oxygen atoms in total. The number of aromatic nitrogens is 4. The molecule has 0 spiro atoms. The lowest BCUT2D eigenvalue weighted by atomic mass is 10.3. The molecule has 0 atom stereocenters. The van der Waals surface area contributed by atoms with Crippen molar-refractivity contribution in [2.45, 2.75) is 32.6 Å². The third-order valence-electron chi connectivity index (χ3n) is 2.50. The van der Waals surface area contributed by atoms with E-state index in [1.165, 1.54) is 0 Å². The second-order valence-electron chi connectivity index (χ2n) is 3.65. The fourth-order valence-electron chi connectivity index (χ4n) is 1.53. The van der Waals surface area contributed by atoms with E-state index < -0.39 is 0 Å². The summed E-state index contributed by atoms with van der Waals surface area (Å²) < 4.78 is 7.33. The summed E-state index contributed by atoms with van der Waals surface area (Å²) in [6.07, 6.45) is 0. The fraction of sp³-hybridized carbons (Fsp3) is 0.500. The highest BCUT2D eigenvalue weighted by Gasteiger charge is 2.12. The second-order valence-corrected chi connectivity index (χ2v) is 4.22. The van der Waals surface area contributed by atoms with E-state index in [0.717, 1.165) is 22.8 Å². The van der Waals surface area contributed by atoms with Crippen LogP contribution in [0.1, 0.15) is 28.7 Å². The number of rotatable bonds is 3. The minimum Gasteiger partial charge on any atom is -0.444 e. The van der Waals surface area contributed by atoms with Gasteiger partial charge in [0.25, 0.3) is 0 Å². The van der Waals surface area contributed by atoms with E-state index in [4.69, 9.17) is 4.42 Å². The van der Waals surface area contributed by atoms with Crippen molar-refractivity contribution in [1.82, 2.24) is 20.0 Å². The monoisotopic (exact) mass is 284 g/mol. The summed E-state index contributed by atoms with van der Waals surface area (Å²) in [5.41, 5.74) is 2.91. The molecule has 0 aliphatic carbocycles. The number of nitrogens with zero attached hydrogens (tertiary/aromatic N) is 4. The van der Waals surface area contributed by atoms with Gasteiger partial charge in [0.1, 0.15) is 12.3 Å². The molecule has 2 heterocycles. The maximum absolute atomic E-state index is 5.50. The van der Waals surface area contributed by atoms with E-state index in [-0.39, 0.29) is 0 Å². The quantitative estimate of drug-likeness (QED) is 0.811. The van der Waals surface area contributed by atoms with Crippen LogP contribution in [0.4, 0.5) is 0 Å². The average molecular weight is 285 g/mol. The van der Waals surface area contributed by atoms with Gasteiger partial charge in [0, 0.05) is 12.3 Å². The normalized spacial score (nSPS) is 11.0. The lowest BCUT2D eigenvalue weighted by Crippen LogP contribution is -2.04. The summed E-state index contributed by atoms with van der Waals surface area (Å²) in [4.78, 5) is 4.23. The molecule has 6 heteroatoms. The number of aryl methyl sites for hydroxylation is 2. The van der Waals surface area contributed by atoms with Gasteiger partial charge in [-0.25, -0.2) is 9.67 Å². The standard InChI is InChI=1S/C10H13BrN4O/c1-6-10(16-8(3)12-6)5-15-7(2)9(4-11)13-14-15/h4-5H2,1-3H3. The van der Waals surface area contributed by atoms with E-state index >= 15 is 0 Å². The fourth-order valence-corrected chi connectivity index (χ4v) is 2.04. The van der Waals surface area contributed by atoms with Crippen molar-refractivity contribution in [3.63, 3.8) is 0 Å². The second kappa shape index (κ2) is 4.37. The van der Waals surface area contributed by atoms with Gasteiger partial charge < -0.3 is 4.42 Å². The SMILES string of the molecule is Cc1nc(C)c(Cn2nnc(CBr)c2C)o1. The first-order valence-corrected chi connectivity index (χ1v) is 6.11. The predicted molar refractivity (Wildman–Crippen MR) is 62.5 cm³/mol. The topological polar surface area (TPSA) is 56.7 Å². The van der Waals surface area contributed by atoms with Crippen molar-refractivity contribution < 1.29 is 4.42 Å². The number of halogens is 1. The number of oxazole rings is 1. The first-order chi connectivity index (χ1) is 7.61. The molecule has 2 aromatic rings. The third kappa shape index (κ3) is 2.02. The van der Waals surface area contributed by atoms with Crippen LogP contribution in [-0.4, -0.2) is 20.0 Å². The molecule has 0 saturated heterocycles. The Morgan fingerprint density at radius 1 is 1.31 bits per heavy atom. The van der Waals surface area contributed by atoms with Crippen LogP contribution in [-0.2, 0) is 11.9 Å². The molecule has 0 fully saturated rings. The van der Waals surface area contributed by atoms with Crippen LogP contribution < -0.4 is 0 Å². The lowest BCUT2D eigenvalue weighted by Gasteiger charge is -2.00. The highest BCUT2D eigenvalue weighted by molar-refractivity contribution is 9.08. The van der Waals surface area contributed by atoms with Crippen molar-refractivity contribution in [2.24, 2.45) is 0 Å². The third-order valence-corrected chi connectivity index (χ3v) is 3.03. The summed E-state index contributed by atoms with van der Waals surface area (Å²) in [5, 5.41) is 8.87. The molecule has 0 aromatic carbocycles. The minimum atomic E-state index is 0.582. The molecule has 2 aromatic heterocycles. The summed E-state index contributed by atoms with van der Waals surface area (Å²) >= 11 is 3.37. The van der Waals surface area contributed by atoms with Gasteiger partial charge in [0.2, 0.25) is 0 Å². The van der Waals surface area contributed by atoms with Crippen molar-refractivity contribution in [3.8, 4) is 0 Å². The van der Waals surface area contributed by atoms with E-state index in [0.29, 0.717) is 17.8 Å². The Bertz CT molecular complexity index is 503. The summed E-state index contributed by atoms with van der Waals surface area (Å²) in [5.74, 6) is 1.53. The van der Waals surface area contributed by atoms with Crippen molar-refractivity contribution in [2.75, 3.05) is 0 Å². The van der Waals surface area contributed by atoms with Gasteiger partial charge in [0.15, 0.2) is 5.89 Å². The summed E-state index contributed by atoms with van der Waals surface area (Å²) in [6.45, 7) is 6.35. The zero-order chi connectivity index (χ0) is 11.7. The average Bonchev–Trinajstić information content (AvgIpc) is 2.73. The molecular weight excluding hydrogens is 272 g/mol. The van der Waals surface area contributed by atoms with E-state index in [2.05, 4.69) is 31.2 Å². The molecule has 0 unspecified atom stereocenters. The van der Waals surface area contributed by atoms with Crippen LogP contribution in [0.15, 0.2) is 4.42 Å². The van der Waals surface area contributed by atoms with Gasteiger partial charge in [-0.2, -0.15) is 0 Å². The van der Waals surface area contributed by atoms with Crippen molar-refractivity contribution >= 4 is 15.9 Å². The Hall–Kier alpha value is -1.17. The molecule has 0 bridgehead atoms. The Morgan fingerprint density at radius 3 is 2.56 bits per heavy atom. The van der Waals surface area contributed by atoms with Gasteiger partial charge in [-0.1, -0.05) is 21.1 Å². The molecule has 16 heavy (non-hydrogen) atoms. The number of alkyl halides is 1. The minimum absolute atomic E-state index is 0.582. The predicted octanol–water partition coefficient (Wildman–Crippen LogP) is 2.13. The van der Waals surface area contributed by atoms with Crippen LogP contribution in [0.3, 0.4) is 0 Å². The van der Waals surface area contributed by atoms with Gasteiger partial charge in [-0.15, -0.1) is 5.10 Å². The maximum Gasteiger partial charge on any atom is 0.191 e. The Labute approximate surface area is 102 Å². The van der Waals surface area contributed by atoms with Crippen LogP contribution in [0, 0.1) is 20.8 Å². The molecule has 86 valence electrons. The van der Waals surface area contributed by atoms with Gasteiger partial charge in [-0.3, -0.25) is 0 Å². The highest BCUT2D eigenvalue weighted by Crippen LogP contribution is 2.14. The van der Waals surface area contributed by atoms with Crippen LogP contribution in [0.25, 0.3) is 0 Å². The smallest absolute Gasteiger partial charge is 0.191 e. The molecule has 0 aliphatic heterocycles. The molecule has 0 aliphatic rings. The van der Waals surface area contributed by atoms with Gasteiger partial charge in [0.05, 0.1) is 17.1 Å². The van der Waals surface area contributed by atoms with Gasteiger partial charge >= 0.3 is 0 Å². The molecule has 0 radical (unpaired) electrons. The molecule has 0 saturated carbocycles. The molecule has 0 N–H and O–H groups in total. The number of hydrogen-bond acceptors (Lipinski definition) is 4. The van der Waals surface area contributed by atoms with E-state index in [9.17, 15) is 0 Å². The largest absolute Gasteiger partial charge is 0.444 e. The van der Waals surface area contributed by atoms with E-state index in [1.807, 2.05) is 25.5 Å². The Kier molecular flexibility index (Phi) is 3.09. The Morgan fingerprint density at radius 2 is 2.06 bits per heavy atom. The van der Waals surface area contributed by atoms with Crippen LogP contribution in [0.2, 0.25) is 0 Å². The summed E-state index contributed by atoms with van der Waals surface area (Å²) in [7, 11) is 0. The zero-order valence-corrected chi connectivity index (χ0v) is 11.1. The zero-order valence-electron chi connectivity index (χ0n) is 9.49. The first-order valence-electron chi connectivity index (χ1n) is 4.99. The molecule has 0 amide bonds. The van der Waals surface area contributed by atoms with E-state index in [1.54, 1.807) is 0 Å².